The van der Waals surface area contributed by atoms with Crippen LogP contribution in [0.3, 0.4) is 0 Å². The molecule has 0 spiro atoms. The normalized spacial score (nSPS) is 15.0. The van der Waals surface area contributed by atoms with Gasteiger partial charge in [0, 0.05) is 50.7 Å². The standard InChI is InChI=1S/C20H21ClN6O/c21-18-10-16(19(22)28)12-23-20(18)26-8-6-25(7-9-26)13-15-11-24-27(14-15)17-4-2-1-3-5-17/h1-5,10-12,14H,6-9,13H2,(H2,22,28). The number of primary amides is 1. The molecule has 0 radical (unpaired) electrons. The summed E-state index contributed by atoms with van der Waals surface area (Å²) in [6.45, 7) is 4.27. The number of para-hydroxylation sites is 1. The minimum absolute atomic E-state index is 0.322. The van der Waals surface area contributed by atoms with E-state index in [4.69, 9.17) is 17.3 Å². The number of amides is 1. The second kappa shape index (κ2) is 8.00. The van der Waals surface area contributed by atoms with Gasteiger partial charge in [-0.1, -0.05) is 29.8 Å². The van der Waals surface area contributed by atoms with E-state index in [1.165, 1.54) is 11.8 Å². The van der Waals surface area contributed by atoms with Gasteiger partial charge in [0.25, 0.3) is 0 Å². The zero-order valence-corrected chi connectivity index (χ0v) is 16.1. The molecule has 0 saturated carbocycles. The molecule has 28 heavy (non-hydrogen) atoms. The number of nitrogens with two attached hydrogens (primary N) is 1. The number of pyridine rings is 1. The van der Waals surface area contributed by atoms with Crippen molar-refractivity contribution in [3.63, 3.8) is 0 Å². The summed E-state index contributed by atoms with van der Waals surface area (Å²) < 4.78 is 1.90. The van der Waals surface area contributed by atoms with Crippen LogP contribution in [0.15, 0.2) is 55.0 Å². The monoisotopic (exact) mass is 396 g/mol. The molecule has 1 saturated heterocycles. The first-order valence-corrected chi connectivity index (χ1v) is 9.49. The fourth-order valence-corrected chi connectivity index (χ4v) is 3.62. The van der Waals surface area contributed by atoms with Crippen molar-refractivity contribution >= 4 is 23.3 Å². The average molecular weight is 397 g/mol. The summed E-state index contributed by atoms with van der Waals surface area (Å²) in [6.07, 6.45) is 5.47. The van der Waals surface area contributed by atoms with Crippen molar-refractivity contribution in [2.75, 3.05) is 31.1 Å². The Balaban J connectivity index is 1.36. The van der Waals surface area contributed by atoms with Crippen LogP contribution in [0, 0.1) is 0 Å². The first-order valence-electron chi connectivity index (χ1n) is 9.12. The van der Waals surface area contributed by atoms with Gasteiger partial charge in [0.15, 0.2) is 0 Å². The average Bonchev–Trinajstić information content (AvgIpc) is 3.18. The largest absolute Gasteiger partial charge is 0.366 e. The summed E-state index contributed by atoms with van der Waals surface area (Å²) in [4.78, 5) is 20.1. The fraction of sp³-hybridized carbons (Fsp3) is 0.250. The van der Waals surface area contributed by atoms with Crippen LogP contribution in [-0.2, 0) is 6.54 Å². The Bertz CT molecular complexity index is 966. The zero-order chi connectivity index (χ0) is 19.5. The number of hydrogen-bond acceptors (Lipinski definition) is 5. The first kappa shape index (κ1) is 18.5. The molecule has 0 unspecified atom stereocenters. The van der Waals surface area contributed by atoms with Gasteiger partial charge < -0.3 is 10.6 Å². The molecule has 3 aromatic rings. The van der Waals surface area contributed by atoms with Gasteiger partial charge in [0.05, 0.1) is 22.5 Å². The van der Waals surface area contributed by atoms with E-state index < -0.39 is 5.91 Å². The topological polar surface area (TPSA) is 80.3 Å². The van der Waals surface area contributed by atoms with Gasteiger partial charge >= 0.3 is 0 Å². The van der Waals surface area contributed by atoms with E-state index in [0.29, 0.717) is 16.4 Å². The third-order valence-electron chi connectivity index (χ3n) is 4.84. The van der Waals surface area contributed by atoms with Gasteiger partial charge in [0.1, 0.15) is 5.82 Å². The van der Waals surface area contributed by atoms with Gasteiger partial charge in [-0.2, -0.15) is 5.10 Å². The van der Waals surface area contributed by atoms with Gasteiger partial charge in [0.2, 0.25) is 5.91 Å². The summed E-state index contributed by atoms with van der Waals surface area (Å²) >= 11 is 6.30. The van der Waals surface area contributed by atoms with Gasteiger partial charge in [-0.3, -0.25) is 9.69 Å². The summed E-state index contributed by atoms with van der Waals surface area (Å²) in [5, 5.41) is 4.92. The quantitative estimate of drug-likeness (QED) is 0.716. The molecule has 1 aromatic carbocycles. The van der Waals surface area contributed by atoms with E-state index in [2.05, 4.69) is 26.1 Å². The molecule has 2 aromatic heterocycles. The predicted octanol–water partition coefficient (Wildman–Crippen LogP) is 2.34. The highest BCUT2D eigenvalue weighted by Crippen LogP contribution is 2.25. The van der Waals surface area contributed by atoms with E-state index in [0.717, 1.165) is 38.4 Å². The number of anilines is 1. The summed E-state index contributed by atoms with van der Waals surface area (Å²) in [5.41, 5.74) is 7.83. The van der Waals surface area contributed by atoms with Gasteiger partial charge in [-0.25, -0.2) is 9.67 Å². The molecule has 4 rings (SSSR count). The van der Waals surface area contributed by atoms with E-state index in [1.54, 1.807) is 6.07 Å². The lowest BCUT2D eigenvalue weighted by Gasteiger charge is -2.35. The Morgan fingerprint density at radius 3 is 2.54 bits per heavy atom. The molecule has 144 valence electrons. The van der Waals surface area contributed by atoms with Crippen LogP contribution in [0.1, 0.15) is 15.9 Å². The molecule has 1 aliphatic rings. The molecule has 7 nitrogen and oxygen atoms in total. The van der Waals surface area contributed by atoms with Crippen LogP contribution < -0.4 is 10.6 Å². The molecule has 1 aliphatic heterocycles. The maximum atomic E-state index is 11.2. The minimum atomic E-state index is -0.526. The third-order valence-corrected chi connectivity index (χ3v) is 5.12. The highest BCUT2D eigenvalue weighted by Gasteiger charge is 2.21. The third kappa shape index (κ3) is 4.00. The van der Waals surface area contributed by atoms with Crippen molar-refractivity contribution in [3.8, 4) is 5.69 Å². The van der Waals surface area contributed by atoms with Crippen molar-refractivity contribution in [1.29, 1.82) is 0 Å². The SMILES string of the molecule is NC(=O)c1cnc(N2CCN(Cc3cnn(-c4ccccc4)c3)CC2)c(Cl)c1. The molecular formula is C20H21ClN6O. The molecule has 2 N–H and O–H groups in total. The second-order valence-electron chi connectivity index (χ2n) is 6.79. The maximum absolute atomic E-state index is 11.2. The molecule has 3 heterocycles. The summed E-state index contributed by atoms with van der Waals surface area (Å²) in [6, 6.07) is 11.7. The van der Waals surface area contributed by atoms with E-state index >= 15 is 0 Å². The number of halogens is 1. The fourth-order valence-electron chi connectivity index (χ4n) is 3.34. The van der Waals surface area contributed by atoms with Crippen LogP contribution in [0.25, 0.3) is 5.69 Å². The van der Waals surface area contributed by atoms with Crippen LogP contribution in [0.4, 0.5) is 5.82 Å². The van der Waals surface area contributed by atoms with Gasteiger partial charge in [-0.15, -0.1) is 0 Å². The number of hydrogen-bond donors (Lipinski definition) is 1. The molecule has 1 fully saturated rings. The Kier molecular flexibility index (Phi) is 5.27. The molecule has 8 heteroatoms. The van der Waals surface area contributed by atoms with Crippen LogP contribution in [0.5, 0.6) is 0 Å². The van der Waals surface area contributed by atoms with Crippen LogP contribution in [0.2, 0.25) is 5.02 Å². The van der Waals surface area contributed by atoms with E-state index in [-0.39, 0.29) is 0 Å². The number of piperazine rings is 1. The van der Waals surface area contributed by atoms with Crippen molar-refractivity contribution in [2.24, 2.45) is 5.73 Å². The van der Waals surface area contributed by atoms with E-state index in [1.807, 2.05) is 41.2 Å². The van der Waals surface area contributed by atoms with Crippen molar-refractivity contribution in [2.45, 2.75) is 6.54 Å². The van der Waals surface area contributed by atoms with E-state index in [9.17, 15) is 4.79 Å². The van der Waals surface area contributed by atoms with Crippen LogP contribution in [-0.4, -0.2) is 51.8 Å². The maximum Gasteiger partial charge on any atom is 0.250 e. The number of rotatable bonds is 5. The Morgan fingerprint density at radius 2 is 1.86 bits per heavy atom. The Morgan fingerprint density at radius 1 is 1.11 bits per heavy atom. The number of aromatic nitrogens is 3. The lowest BCUT2D eigenvalue weighted by atomic mass is 10.2. The van der Waals surface area contributed by atoms with Crippen LogP contribution >= 0.6 is 11.6 Å². The first-order chi connectivity index (χ1) is 13.6. The summed E-state index contributed by atoms with van der Waals surface area (Å²) in [7, 11) is 0. The van der Waals surface area contributed by atoms with Gasteiger partial charge in [-0.05, 0) is 18.2 Å². The lowest BCUT2D eigenvalue weighted by Crippen LogP contribution is -2.46. The lowest BCUT2D eigenvalue weighted by molar-refractivity contribution is 0.1000. The minimum Gasteiger partial charge on any atom is -0.366 e. The highest BCUT2D eigenvalue weighted by molar-refractivity contribution is 6.33. The number of carbonyl (C=O) groups is 1. The molecule has 1 amide bonds. The molecular weight excluding hydrogens is 376 g/mol. The second-order valence-corrected chi connectivity index (χ2v) is 7.19. The molecule has 0 atom stereocenters. The van der Waals surface area contributed by atoms with Crippen molar-refractivity contribution < 1.29 is 4.79 Å². The predicted molar refractivity (Wildman–Crippen MR) is 109 cm³/mol. The Labute approximate surface area is 168 Å². The zero-order valence-electron chi connectivity index (χ0n) is 15.3. The molecule has 0 aliphatic carbocycles. The number of benzene rings is 1. The number of nitrogens with zero attached hydrogens (tertiary/aromatic N) is 5. The van der Waals surface area contributed by atoms with Crippen molar-refractivity contribution in [1.82, 2.24) is 19.7 Å². The number of carbonyl (C=O) groups excluding carboxylic acids is 1. The highest BCUT2D eigenvalue weighted by atomic mass is 35.5. The smallest absolute Gasteiger partial charge is 0.250 e. The summed E-state index contributed by atoms with van der Waals surface area (Å²) in [5.74, 6) is 0.171. The molecule has 0 bridgehead atoms. The van der Waals surface area contributed by atoms with Crippen molar-refractivity contribution in [3.05, 3.63) is 71.1 Å². The Hall–Kier alpha value is -2.90.